The molecule has 0 saturated carbocycles. The fourth-order valence-electron chi connectivity index (χ4n) is 4.88. The molecule has 0 bridgehead atoms. The highest BCUT2D eigenvalue weighted by molar-refractivity contribution is 6.74. The first-order valence-electron chi connectivity index (χ1n) is 18.7. The molecule has 14 nitrogen and oxygen atoms in total. The molecule has 1 aliphatic heterocycles. The second-order valence-corrected chi connectivity index (χ2v) is 22.4. The summed E-state index contributed by atoms with van der Waals surface area (Å²) in [7, 11) is -0.828. The molecule has 55 heavy (non-hydrogen) atoms. The van der Waals surface area contributed by atoms with Crippen LogP contribution in [0.5, 0.6) is 17.4 Å². The molecule has 0 aliphatic carbocycles. The fourth-order valence-corrected chi connectivity index (χ4v) is 5.93. The molecule has 306 valence electrons. The van der Waals surface area contributed by atoms with Crippen molar-refractivity contribution in [3.63, 3.8) is 0 Å². The first-order valence-corrected chi connectivity index (χ1v) is 21.6. The van der Waals surface area contributed by atoms with Crippen molar-refractivity contribution in [1.82, 2.24) is 20.5 Å². The predicted molar refractivity (Wildman–Crippen MR) is 211 cm³/mol. The number of methoxy groups -OCH3 is 1. The minimum Gasteiger partial charge on any atom is -0.484 e. The molecule has 0 radical (unpaired) electrons. The van der Waals surface area contributed by atoms with Gasteiger partial charge in [-0.25, -0.2) is 14.6 Å². The van der Waals surface area contributed by atoms with Gasteiger partial charge in [-0.15, -0.1) is 0 Å². The topological polar surface area (TPSA) is 164 Å². The normalized spacial score (nSPS) is 14.9. The van der Waals surface area contributed by atoms with E-state index in [0.29, 0.717) is 37.4 Å². The molecule has 0 spiro atoms. The van der Waals surface area contributed by atoms with Crippen LogP contribution in [-0.2, 0) is 28.2 Å². The standard InChI is InChI=1S/C40H62N4O10Si/c1-38(2,3)19-18-32(36(47)49-10)43-35(46)27-16-17-34(41-21-27)53-30-15-13-14-29(20-30)51-26-33(45)42-28(25-52-55(11,12)40(7,8)9)24-50-31-22-44(23-31)37(48)54-39(4,5)6/h13-17,20-21,28,31-32H,18-19,22-26H2,1-12H3,(H,42,45)(H,43,46)/t28?,32-/m0/s1. The van der Waals surface area contributed by atoms with Crippen LogP contribution in [0.2, 0.25) is 18.1 Å². The number of aromatic nitrogens is 1. The molecule has 1 aliphatic rings. The highest BCUT2D eigenvalue weighted by Crippen LogP contribution is 2.36. The quantitative estimate of drug-likeness (QED) is 0.133. The lowest BCUT2D eigenvalue weighted by Crippen LogP contribution is -2.57. The Balaban J connectivity index is 1.55. The maximum atomic E-state index is 13.1. The lowest BCUT2D eigenvalue weighted by Gasteiger charge is -2.40. The number of carbonyl (C=O) groups excluding carboxylic acids is 4. The number of pyridine rings is 1. The van der Waals surface area contributed by atoms with E-state index >= 15 is 0 Å². The lowest BCUT2D eigenvalue weighted by atomic mass is 9.88. The maximum Gasteiger partial charge on any atom is 0.410 e. The molecule has 1 fully saturated rings. The molecule has 1 saturated heterocycles. The van der Waals surface area contributed by atoms with Crippen molar-refractivity contribution in [1.29, 1.82) is 0 Å². The van der Waals surface area contributed by atoms with E-state index in [2.05, 4.69) is 70.3 Å². The third kappa shape index (κ3) is 15.4. The van der Waals surface area contributed by atoms with E-state index < -0.39 is 37.9 Å². The van der Waals surface area contributed by atoms with Crippen molar-refractivity contribution < 1.29 is 47.3 Å². The van der Waals surface area contributed by atoms with E-state index in [0.717, 1.165) is 0 Å². The van der Waals surface area contributed by atoms with Gasteiger partial charge in [0.1, 0.15) is 23.1 Å². The number of likely N-dealkylation sites (tertiary alicyclic amines) is 1. The van der Waals surface area contributed by atoms with Crippen LogP contribution in [0.4, 0.5) is 4.79 Å². The van der Waals surface area contributed by atoms with E-state index in [-0.39, 0.29) is 59.8 Å². The number of hydrogen-bond acceptors (Lipinski definition) is 11. The maximum absolute atomic E-state index is 13.1. The van der Waals surface area contributed by atoms with E-state index in [1.54, 1.807) is 41.3 Å². The summed E-state index contributed by atoms with van der Waals surface area (Å²) in [6, 6.07) is 8.63. The van der Waals surface area contributed by atoms with Crippen molar-refractivity contribution in [3.8, 4) is 17.4 Å². The Kier molecular flexibility index (Phi) is 15.7. The first-order chi connectivity index (χ1) is 25.4. The predicted octanol–water partition coefficient (Wildman–Crippen LogP) is 6.49. The molecule has 2 heterocycles. The summed E-state index contributed by atoms with van der Waals surface area (Å²) >= 11 is 0. The van der Waals surface area contributed by atoms with Gasteiger partial charge in [-0.1, -0.05) is 47.6 Å². The lowest BCUT2D eigenvalue weighted by molar-refractivity contribution is -0.143. The molecule has 3 amide bonds. The smallest absolute Gasteiger partial charge is 0.410 e. The number of carbonyl (C=O) groups is 4. The van der Waals surface area contributed by atoms with Gasteiger partial charge in [0.15, 0.2) is 14.9 Å². The second-order valence-electron chi connectivity index (χ2n) is 17.6. The van der Waals surface area contributed by atoms with Crippen LogP contribution in [0.25, 0.3) is 0 Å². The number of amides is 3. The number of rotatable bonds is 17. The Hall–Kier alpha value is -4.21. The molecule has 3 rings (SSSR count). The van der Waals surface area contributed by atoms with Crippen LogP contribution in [0.1, 0.15) is 85.5 Å². The zero-order chi connectivity index (χ0) is 41.2. The third-order valence-electron chi connectivity index (χ3n) is 9.22. The molecule has 15 heteroatoms. The molecule has 1 unspecified atom stereocenters. The Labute approximate surface area is 327 Å². The third-order valence-corrected chi connectivity index (χ3v) is 13.7. The van der Waals surface area contributed by atoms with Crippen molar-refractivity contribution in [2.24, 2.45) is 5.41 Å². The average molecular weight is 787 g/mol. The monoisotopic (exact) mass is 786 g/mol. The molecular formula is C40H62N4O10Si. The molecule has 2 aromatic rings. The average Bonchev–Trinajstić information content (AvgIpc) is 3.05. The van der Waals surface area contributed by atoms with Gasteiger partial charge in [-0.05, 0) is 75.4 Å². The van der Waals surface area contributed by atoms with Gasteiger partial charge in [-0.3, -0.25) is 9.59 Å². The SMILES string of the molecule is COC(=O)[C@H](CCC(C)(C)C)NC(=O)c1ccc(Oc2cccc(OCC(=O)NC(COC3CN(C(=O)OC(C)(C)C)C3)CO[Si](C)(C)C(C)(C)C)c2)nc1. The van der Waals surface area contributed by atoms with Crippen LogP contribution in [0.15, 0.2) is 42.6 Å². The Bertz CT molecular complexity index is 1590. The largest absolute Gasteiger partial charge is 0.484 e. The van der Waals surface area contributed by atoms with Crippen LogP contribution in [-0.4, -0.2) is 106 Å². The molecule has 2 atom stereocenters. The summed E-state index contributed by atoms with van der Waals surface area (Å²) in [6.07, 6.45) is 1.97. The minimum absolute atomic E-state index is 0.0168. The van der Waals surface area contributed by atoms with Crippen molar-refractivity contribution in [3.05, 3.63) is 48.2 Å². The van der Waals surface area contributed by atoms with Crippen LogP contribution in [0, 0.1) is 5.41 Å². The molecule has 1 aromatic heterocycles. The summed E-state index contributed by atoms with van der Waals surface area (Å²) < 4.78 is 34.5. The number of nitrogens with zero attached hydrogens (tertiary/aromatic N) is 2. The summed E-state index contributed by atoms with van der Waals surface area (Å²) in [4.78, 5) is 56.5. The van der Waals surface area contributed by atoms with Crippen LogP contribution < -0.4 is 20.1 Å². The fraction of sp³-hybridized carbons (Fsp3) is 0.625. The van der Waals surface area contributed by atoms with Crippen molar-refractivity contribution >= 4 is 32.2 Å². The molecular weight excluding hydrogens is 725 g/mol. The Morgan fingerprint density at radius 3 is 2.18 bits per heavy atom. The first kappa shape index (κ1) is 45.2. The van der Waals surface area contributed by atoms with Gasteiger partial charge in [0.25, 0.3) is 11.8 Å². The number of nitrogens with one attached hydrogen (secondary N) is 2. The second kappa shape index (κ2) is 19.1. The molecule has 2 N–H and O–H groups in total. The van der Waals surface area contributed by atoms with Gasteiger partial charge in [0, 0.05) is 18.3 Å². The zero-order valence-electron chi connectivity index (χ0n) is 34.7. The van der Waals surface area contributed by atoms with Crippen molar-refractivity contribution in [2.45, 2.75) is 117 Å². The number of benzene rings is 1. The summed E-state index contributed by atoms with van der Waals surface area (Å²) in [6.45, 7) is 23.4. The minimum atomic E-state index is -2.12. The molecule has 1 aromatic carbocycles. The van der Waals surface area contributed by atoms with Crippen molar-refractivity contribution in [2.75, 3.05) is 40.0 Å². The van der Waals surface area contributed by atoms with E-state index in [1.807, 2.05) is 20.8 Å². The highest BCUT2D eigenvalue weighted by Gasteiger charge is 2.39. The van der Waals surface area contributed by atoms with Crippen LogP contribution >= 0.6 is 0 Å². The van der Waals surface area contributed by atoms with E-state index in [4.69, 9.17) is 28.1 Å². The van der Waals surface area contributed by atoms with Gasteiger partial charge >= 0.3 is 12.1 Å². The highest BCUT2D eigenvalue weighted by atomic mass is 28.4. The van der Waals surface area contributed by atoms with Gasteiger partial charge in [0.05, 0.1) is 51.1 Å². The zero-order valence-corrected chi connectivity index (χ0v) is 35.7. The number of ether oxygens (including phenoxy) is 5. The number of esters is 1. The summed E-state index contributed by atoms with van der Waals surface area (Å²) in [5, 5.41) is 5.71. The van der Waals surface area contributed by atoms with Crippen LogP contribution in [0.3, 0.4) is 0 Å². The Morgan fingerprint density at radius 2 is 1.60 bits per heavy atom. The van der Waals surface area contributed by atoms with Gasteiger partial charge < -0.3 is 43.6 Å². The summed E-state index contributed by atoms with van der Waals surface area (Å²) in [5.74, 6) is -0.279. The number of hydrogen-bond donors (Lipinski definition) is 2. The van der Waals surface area contributed by atoms with E-state index in [9.17, 15) is 19.2 Å². The summed E-state index contributed by atoms with van der Waals surface area (Å²) in [5.41, 5.74) is -0.336. The Morgan fingerprint density at radius 1 is 0.927 bits per heavy atom. The van der Waals surface area contributed by atoms with E-state index in [1.165, 1.54) is 13.3 Å². The van der Waals surface area contributed by atoms with Gasteiger partial charge in [0.2, 0.25) is 5.88 Å². The van der Waals surface area contributed by atoms with Gasteiger partial charge in [-0.2, -0.15) is 0 Å².